The highest BCUT2D eigenvalue weighted by Crippen LogP contribution is 2.33. The number of amides is 1. The predicted molar refractivity (Wildman–Crippen MR) is 185 cm³/mol. The van der Waals surface area contributed by atoms with E-state index in [4.69, 9.17) is 14.1 Å². The standard InChI is InChI=1S/C36H44N6O5S/c1-7-41(27-14-10-15-27)35-37-26(21-47-35)20-42-28(19-36(4,5)6)22-46-31-18-30(32-23(2)11-8-12-24(32)3)38-34(39-31)40-48(44,45)29-16-9-13-25(17-29)33(42)43/h8-9,11-13,16-18,21,27-28H,7,10,14-15,19-20,22H2,1-6H3,(H,38,39,40)/t28-/m1/s1. The molecule has 1 saturated carbocycles. The number of hydrogen-bond donors (Lipinski definition) is 1. The Hall–Kier alpha value is -4.45. The zero-order chi connectivity index (χ0) is 34.2. The van der Waals surface area contributed by atoms with Crippen molar-refractivity contribution in [2.45, 2.75) is 90.7 Å². The monoisotopic (exact) mass is 672 g/mol. The van der Waals surface area contributed by atoms with E-state index >= 15 is 0 Å². The number of hydrogen-bond acceptors (Lipinski definition) is 9. The Bertz CT molecular complexity index is 1890. The van der Waals surface area contributed by atoms with Crippen LogP contribution < -0.4 is 14.4 Å². The maximum atomic E-state index is 14.4. The summed E-state index contributed by atoms with van der Waals surface area (Å²) in [6, 6.07) is 14.2. The van der Waals surface area contributed by atoms with Crippen LogP contribution in [0.25, 0.3) is 11.3 Å². The van der Waals surface area contributed by atoms with Gasteiger partial charge in [-0.2, -0.15) is 9.97 Å². The zero-order valence-corrected chi connectivity index (χ0v) is 29.3. The van der Waals surface area contributed by atoms with E-state index in [9.17, 15) is 13.2 Å². The first-order chi connectivity index (χ1) is 22.8. The highest BCUT2D eigenvalue weighted by molar-refractivity contribution is 7.92. The van der Waals surface area contributed by atoms with Crippen molar-refractivity contribution >= 4 is 27.9 Å². The predicted octanol–water partition coefficient (Wildman–Crippen LogP) is 6.77. The molecule has 1 N–H and O–H groups in total. The van der Waals surface area contributed by atoms with Crippen molar-refractivity contribution in [3.63, 3.8) is 0 Å². The second kappa shape index (κ2) is 13.2. The van der Waals surface area contributed by atoms with Gasteiger partial charge in [-0.25, -0.2) is 18.1 Å². The van der Waals surface area contributed by atoms with Gasteiger partial charge in [-0.15, -0.1) is 0 Å². The van der Waals surface area contributed by atoms with E-state index in [0.717, 1.165) is 36.1 Å². The van der Waals surface area contributed by atoms with E-state index < -0.39 is 16.1 Å². The molecule has 1 amide bonds. The number of nitrogens with zero attached hydrogens (tertiary/aromatic N) is 5. The Morgan fingerprint density at radius 1 is 1.02 bits per heavy atom. The topological polar surface area (TPSA) is 131 Å². The summed E-state index contributed by atoms with van der Waals surface area (Å²) < 4.78 is 42.2. The minimum Gasteiger partial charge on any atom is -0.475 e. The van der Waals surface area contributed by atoms with Crippen molar-refractivity contribution in [1.29, 1.82) is 0 Å². The molecule has 11 nitrogen and oxygen atoms in total. The molecule has 0 spiro atoms. The van der Waals surface area contributed by atoms with Gasteiger partial charge in [0.25, 0.3) is 21.9 Å². The average molecular weight is 673 g/mol. The molecule has 0 unspecified atom stereocenters. The number of anilines is 2. The lowest BCUT2D eigenvalue weighted by atomic mass is 9.87. The van der Waals surface area contributed by atoms with E-state index in [0.29, 0.717) is 29.9 Å². The average Bonchev–Trinajstić information content (AvgIpc) is 3.46. The fraction of sp³-hybridized carbons (Fsp3) is 0.444. The molecule has 0 saturated heterocycles. The Morgan fingerprint density at radius 2 is 1.75 bits per heavy atom. The molecule has 254 valence electrons. The minimum atomic E-state index is -4.17. The molecule has 1 aliphatic heterocycles. The van der Waals surface area contributed by atoms with Crippen molar-refractivity contribution in [3.8, 4) is 17.1 Å². The number of oxazole rings is 1. The number of sulfonamides is 1. The maximum Gasteiger partial charge on any atom is 0.297 e. The lowest BCUT2D eigenvalue weighted by molar-refractivity contribution is 0.0509. The van der Waals surface area contributed by atoms with Gasteiger partial charge < -0.3 is 19.0 Å². The summed E-state index contributed by atoms with van der Waals surface area (Å²) in [6.45, 7) is 13.4. The number of carbonyl (C=O) groups is 1. The quantitative estimate of drug-likeness (QED) is 0.226. The lowest BCUT2D eigenvalue weighted by Crippen LogP contribution is -2.45. The highest BCUT2D eigenvalue weighted by atomic mass is 32.2. The van der Waals surface area contributed by atoms with Crippen LogP contribution in [0.1, 0.15) is 80.6 Å². The van der Waals surface area contributed by atoms with Gasteiger partial charge in [0, 0.05) is 29.8 Å². The van der Waals surface area contributed by atoms with Crippen LogP contribution in [0.4, 0.5) is 12.0 Å². The van der Waals surface area contributed by atoms with Gasteiger partial charge in [0.1, 0.15) is 18.6 Å². The van der Waals surface area contributed by atoms with Crippen LogP contribution in [-0.2, 0) is 16.6 Å². The van der Waals surface area contributed by atoms with Gasteiger partial charge in [-0.3, -0.25) is 4.79 Å². The number of aryl methyl sites for hydroxylation is 2. The Balaban J connectivity index is 1.45. The van der Waals surface area contributed by atoms with Crippen molar-refractivity contribution < 1.29 is 22.4 Å². The second-order valence-corrected chi connectivity index (χ2v) is 15.7. The smallest absolute Gasteiger partial charge is 0.297 e. The molecule has 48 heavy (non-hydrogen) atoms. The normalized spacial score (nSPS) is 18.1. The van der Waals surface area contributed by atoms with Gasteiger partial charge in [0.05, 0.1) is 23.2 Å². The first-order valence-corrected chi connectivity index (χ1v) is 18.0. The molecule has 6 rings (SSSR count). The molecule has 1 aliphatic carbocycles. The third-order valence-electron chi connectivity index (χ3n) is 9.00. The summed E-state index contributed by atoms with van der Waals surface area (Å²) in [5.41, 5.74) is 3.99. The number of fused-ring (bicyclic) bond motifs is 4. The minimum absolute atomic E-state index is 0.0775. The molecule has 3 heterocycles. The fourth-order valence-electron chi connectivity index (χ4n) is 6.47. The van der Waals surface area contributed by atoms with Gasteiger partial charge in [0.2, 0.25) is 11.8 Å². The lowest BCUT2D eigenvalue weighted by Gasteiger charge is -2.36. The van der Waals surface area contributed by atoms with Crippen LogP contribution in [0.2, 0.25) is 0 Å². The third-order valence-corrected chi connectivity index (χ3v) is 10.3. The summed E-state index contributed by atoms with van der Waals surface area (Å²) in [5.74, 6) is -0.262. The summed E-state index contributed by atoms with van der Waals surface area (Å²) in [7, 11) is -4.17. The fourth-order valence-corrected chi connectivity index (χ4v) is 7.46. The van der Waals surface area contributed by atoms with E-state index in [1.165, 1.54) is 18.6 Å². The zero-order valence-electron chi connectivity index (χ0n) is 28.5. The first kappa shape index (κ1) is 33.5. The molecule has 1 fully saturated rings. The van der Waals surface area contributed by atoms with Crippen molar-refractivity contribution in [2.75, 3.05) is 22.8 Å². The number of benzene rings is 2. The molecule has 4 aromatic rings. The van der Waals surface area contributed by atoms with E-state index in [2.05, 4.69) is 47.3 Å². The van der Waals surface area contributed by atoms with Gasteiger partial charge in [0.15, 0.2) is 0 Å². The van der Waals surface area contributed by atoms with Crippen LogP contribution in [-0.4, -0.2) is 59.4 Å². The summed E-state index contributed by atoms with van der Waals surface area (Å²) in [4.78, 5) is 32.2. The van der Waals surface area contributed by atoms with Crippen LogP contribution in [0.15, 0.2) is 64.1 Å². The largest absolute Gasteiger partial charge is 0.475 e. The maximum absolute atomic E-state index is 14.4. The third kappa shape index (κ3) is 7.18. The van der Waals surface area contributed by atoms with Gasteiger partial charge in [-0.05, 0) is 81.2 Å². The molecule has 2 aromatic carbocycles. The number of carbonyl (C=O) groups excluding carboxylic acids is 1. The number of ether oxygens (including phenoxy) is 1. The SMILES string of the molecule is CCN(c1nc(CN2C(=O)c3cccc(c3)S(=O)(=O)Nc3nc(cc(-c4c(C)cccc4C)n3)OC[C@H]2CC(C)(C)C)co1)C1CCC1. The Labute approximate surface area is 282 Å². The van der Waals surface area contributed by atoms with Crippen molar-refractivity contribution in [1.82, 2.24) is 19.9 Å². The molecule has 12 heteroatoms. The van der Waals surface area contributed by atoms with Crippen LogP contribution >= 0.6 is 0 Å². The first-order valence-electron chi connectivity index (χ1n) is 16.5. The Kier molecular flexibility index (Phi) is 9.21. The number of nitrogens with one attached hydrogen (secondary N) is 1. The van der Waals surface area contributed by atoms with E-state index in [1.807, 2.05) is 32.0 Å². The summed E-state index contributed by atoms with van der Waals surface area (Å²) >= 11 is 0. The molecule has 4 bridgehead atoms. The second-order valence-electron chi connectivity index (χ2n) is 14.0. The number of aromatic nitrogens is 3. The van der Waals surface area contributed by atoms with Gasteiger partial charge in [-0.1, -0.05) is 45.0 Å². The van der Waals surface area contributed by atoms with Crippen LogP contribution in [0.5, 0.6) is 5.88 Å². The van der Waals surface area contributed by atoms with Crippen molar-refractivity contribution in [3.05, 3.63) is 77.2 Å². The van der Waals surface area contributed by atoms with Gasteiger partial charge >= 0.3 is 0 Å². The highest BCUT2D eigenvalue weighted by Gasteiger charge is 2.33. The molecule has 2 aromatic heterocycles. The van der Waals surface area contributed by atoms with Crippen molar-refractivity contribution in [2.24, 2.45) is 5.41 Å². The van der Waals surface area contributed by atoms with E-state index in [-0.39, 0.29) is 46.8 Å². The molecule has 1 atom stereocenters. The summed E-state index contributed by atoms with van der Waals surface area (Å²) in [5, 5.41) is 0. The summed E-state index contributed by atoms with van der Waals surface area (Å²) in [6.07, 6.45) is 5.59. The Morgan fingerprint density at radius 3 is 2.42 bits per heavy atom. The molecule has 0 radical (unpaired) electrons. The molecular weight excluding hydrogens is 629 g/mol. The van der Waals surface area contributed by atoms with E-state index in [1.54, 1.807) is 29.4 Å². The molecular formula is C36H44N6O5S. The van der Waals surface area contributed by atoms with Crippen LogP contribution in [0.3, 0.4) is 0 Å². The molecule has 2 aliphatic rings. The number of rotatable bonds is 7. The van der Waals surface area contributed by atoms with Crippen LogP contribution in [0, 0.1) is 19.3 Å².